The molecule has 4 rings (SSSR count). The second kappa shape index (κ2) is 4.80. The molecule has 2 N–H and O–H groups in total. The van der Waals surface area contributed by atoms with Crippen molar-refractivity contribution in [3.63, 3.8) is 0 Å². The average molecular weight is 285 g/mol. The Morgan fingerprint density at radius 1 is 1.19 bits per heavy atom. The molecule has 0 saturated heterocycles. The van der Waals surface area contributed by atoms with Crippen molar-refractivity contribution < 1.29 is 14.3 Å². The van der Waals surface area contributed by atoms with Gasteiger partial charge in [-0.2, -0.15) is 5.10 Å². The maximum Gasteiger partial charge on any atom is 0.276 e. The number of nitrogens with zero attached hydrogens (tertiary/aromatic N) is 1. The summed E-state index contributed by atoms with van der Waals surface area (Å²) in [6.07, 6.45) is 2.34. The van der Waals surface area contributed by atoms with Gasteiger partial charge >= 0.3 is 0 Å². The fourth-order valence-corrected chi connectivity index (χ4v) is 2.37. The molecule has 0 unspecified atom stereocenters. The standard InChI is InChI=1S/C15H15N3O3/c19-15(12-8-11(17-18-12)9-1-2-9)16-10-3-4-13-14(7-10)21-6-5-20-13/h3-4,7-9H,1-2,5-6H2,(H,16,19)(H,17,18). The number of carbonyl (C=O) groups is 1. The lowest BCUT2D eigenvalue weighted by atomic mass is 10.2. The normalized spacial score (nSPS) is 16.6. The van der Waals surface area contributed by atoms with Crippen molar-refractivity contribution in [2.45, 2.75) is 18.8 Å². The number of H-pyrrole nitrogens is 1. The minimum absolute atomic E-state index is 0.227. The van der Waals surface area contributed by atoms with Crippen LogP contribution in [0.1, 0.15) is 34.9 Å². The molecule has 1 aliphatic carbocycles. The number of nitrogens with one attached hydrogen (secondary N) is 2. The fourth-order valence-electron chi connectivity index (χ4n) is 2.37. The van der Waals surface area contributed by atoms with Gasteiger partial charge in [-0.3, -0.25) is 9.89 Å². The van der Waals surface area contributed by atoms with E-state index in [1.807, 2.05) is 6.07 Å². The number of benzene rings is 1. The number of rotatable bonds is 3. The minimum atomic E-state index is -0.227. The zero-order chi connectivity index (χ0) is 14.2. The second-order valence-electron chi connectivity index (χ2n) is 5.30. The van der Waals surface area contributed by atoms with E-state index in [0.29, 0.717) is 42.0 Å². The molecule has 1 amide bonds. The zero-order valence-electron chi connectivity index (χ0n) is 11.4. The molecule has 2 aromatic rings. The third kappa shape index (κ3) is 2.44. The molecule has 6 heteroatoms. The van der Waals surface area contributed by atoms with E-state index >= 15 is 0 Å². The van der Waals surface area contributed by atoms with E-state index in [0.717, 1.165) is 5.69 Å². The number of hydrogen-bond acceptors (Lipinski definition) is 4. The number of hydrogen-bond donors (Lipinski definition) is 2. The van der Waals surface area contributed by atoms with Crippen LogP contribution in [-0.4, -0.2) is 29.3 Å². The molecule has 1 saturated carbocycles. The molecular formula is C15H15N3O3. The summed E-state index contributed by atoms with van der Waals surface area (Å²) in [6.45, 7) is 1.07. The van der Waals surface area contributed by atoms with Crippen molar-refractivity contribution in [1.29, 1.82) is 0 Å². The number of anilines is 1. The largest absolute Gasteiger partial charge is 0.486 e. The quantitative estimate of drug-likeness (QED) is 0.907. The van der Waals surface area contributed by atoms with E-state index in [2.05, 4.69) is 15.5 Å². The lowest BCUT2D eigenvalue weighted by molar-refractivity contribution is 0.102. The highest BCUT2D eigenvalue weighted by atomic mass is 16.6. The van der Waals surface area contributed by atoms with Crippen LogP contribution in [0.4, 0.5) is 5.69 Å². The monoisotopic (exact) mass is 285 g/mol. The number of amides is 1. The first kappa shape index (κ1) is 12.3. The van der Waals surface area contributed by atoms with Crippen LogP contribution in [-0.2, 0) is 0 Å². The number of ether oxygens (including phenoxy) is 2. The van der Waals surface area contributed by atoms with Crippen LogP contribution >= 0.6 is 0 Å². The molecule has 21 heavy (non-hydrogen) atoms. The van der Waals surface area contributed by atoms with Crippen molar-refractivity contribution >= 4 is 11.6 Å². The van der Waals surface area contributed by atoms with Gasteiger partial charge in [0.1, 0.15) is 13.2 Å². The minimum Gasteiger partial charge on any atom is -0.486 e. The summed E-state index contributed by atoms with van der Waals surface area (Å²) in [7, 11) is 0. The molecule has 108 valence electrons. The third-order valence-corrected chi connectivity index (χ3v) is 3.65. The molecule has 6 nitrogen and oxygen atoms in total. The molecule has 0 spiro atoms. The van der Waals surface area contributed by atoms with Crippen molar-refractivity contribution in [2.24, 2.45) is 0 Å². The maximum atomic E-state index is 12.2. The Balaban J connectivity index is 1.50. The van der Waals surface area contributed by atoms with E-state index < -0.39 is 0 Å². The first-order valence-corrected chi connectivity index (χ1v) is 7.06. The third-order valence-electron chi connectivity index (χ3n) is 3.65. The predicted molar refractivity (Wildman–Crippen MR) is 75.9 cm³/mol. The molecule has 1 aromatic carbocycles. The lowest BCUT2D eigenvalue weighted by Gasteiger charge is -2.18. The summed E-state index contributed by atoms with van der Waals surface area (Å²) < 4.78 is 10.9. The molecule has 1 fully saturated rings. The topological polar surface area (TPSA) is 76.2 Å². The van der Waals surface area contributed by atoms with E-state index in [9.17, 15) is 4.79 Å². The Morgan fingerprint density at radius 3 is 2.81 bits per heavy atom. The number of aromatic nitrogens is 2. The number of aromatic amines is 1. The summed E-state index contributed by atoms with van der Waals surface area (Å²) in [5, 5.41) is 9.82. The van der Waals surface area contributed by atoms with Gasteiger partial charge in [-0.15, -0.1) is 0 Å². The van der Waals surface area contributed by atoms with Crippen LogP contribution in [0.25, 0.3) is 0 Å². The van der Waals surface area contributed by atoms with E-state index in [-0.39, 0.29) is 5.91 Å². The van der Waals surface area contributed by atoms with Crippen molar-refractivity contribution in [3.8, 4) is 11.5 Å². The summed E-state index contributed by atoms with van der Waals surface area (Å²) in [6, 6.07) is 7.18. The van der Waals surface area contributed by atoms with Gasteiger partial charge in [0.05, 0.1) is 0 Å². The Kier molecular flexibility index (Phi) is 2.80. The fraction of sp³-hybridized carbons (Fsp3) is 0.333. The van der Waals surface area contributed by atoms with Crippen LogP contribution in [0.5, 0.6) is 11.5 Å². The van der Waals surface area contributed by atoms with Gasteiger partial charge in [0.2, 0.25) is 0 Å². The molecule has 0 atom stereocenters. The van der Waals surface area contributed by atoms with Crippen LogP contribution in [0, 0.1) is 0 Å². The van der Waals surface area contributed by atoms with E-state index in [1.165, 1.54) is 12.8 Å². The zero-order valence-corrected chi connectivity index (χ0v) is 11.4. The highest BCUT2D eigenvalue weighted by Gasteiger charge is 2.26. The van der Waals surface area contributed by atoms with Gasteiger partial charge in [-0.05, 0) is 31.0 Å². The van der Waals surface area contributed by atoms with Gasteiger partial charge in [0, 0.05) is 23.4 Å². The van der Waals surface area contributed by atoms with Crippen LogP contribution < -0.4 is 14.8 Å². The SMILES string of the molecule is O=C(Nc1ccc2c(c1)OCCO2)c1cc(C2CC2)[nH]n1. The molecule has 2 heterocycles. The van der Waals surface area contributed by atoms with Crippen LogP contribution in [0.3, 0.4) is 0 Å². The smallest absolute Gasteiger partial charge is 0.276 e. The van der Waals surface area contributed by atoms with Crippen molar-refractivity contribution in [2.75, 3.05) is 18.5 Å². The average Bonchev–Trinajstić information content (AvgIpc) is 3.24. The van der Waals surface area contributed by atoms with Crippen LogP contribution in [0.2, 0.25) is 0 Å². The van der Waals surface area contributed by atoms with Crippen LogP contribution in [0.15, 0.2) is 24.3 Å². The Morgan fingerprint density at radius 2 is 2.00 bits per heavy atom. The summed E-state index contributed by atoms with van der Waals surface area (Å²) in [4.78, 5) is 12.2. The molecule has 1 aliphatic heterocycles. The first-order chi connectivity index (χ1) is 10.3. The Hall–Kier alpha value is -2.50. The number of fused-ring (bicyclic) bond motifs is 1. The van der Waals surface area contributed by atoms with E-state index in [4.69, 9.17) is 9.47 Å². The highest BCUT2D eigenvalue weighted by molar-refractivity contribution is 6.03. The van der Waals surface area contributed by atoms with Gasteiger partial charge in [0.25, 0.3) is 5.91 Å². The molecular weight excluding hydrogens is 270 g/mol. The van der Waals surface area contributed by atoms with Gasteiger partial charge < -0.3 is 14.8 Å². The summed E-state index contributed by atoms with van der Waals surface area (Å²) in [5.74, 6) is 1.68. The highest BCUT2D eigenvalue weighted by Crippen LogP contribution is 2.39. The maximum absolute atomic E-state index is 12.2. The van der Waals surface area contributed by atoms with E-state index in [1.54, 1.807) is 18.2 Å². The number of carbonyl (C=O) groups excluding carboxylic acids is 1. The molecule has 0 radical (unpaired) electrons. The molecule has 2 aliphatic rings. The molecule has 1 aromatic heterocycles. The van der Waals surface area contributed by atoms with Gasteiger partial charge in [0.15, 0.2) is 17.2 Å². The molecule has 0 bridgehead atoms. The van der Waals surface area contributed by atoms with Gasteiger partial charge in [-0.1, -0.05) is 0 Å². The van der Waals surface area contributed by atoms with Crippen molar-refractivity contribution in [1.82, 2.24) is 10.2 Å². The lowest BCUT2D eigenvalue weighted by Crippen LogP contribution is -2.16. The second-order valence-corrected chi connectivity index (χ2v) is 5.30. The summed E-state index contributed by atoms with van der Waals surface area (Å²) in [5.41, 5.74) is 2.12. The summed E-state index contributed by atoms with van der Waals surface area (Å²) >= 11 is 0. The Labute approximate surface area is 121 Å². The van der Waals surface area contributed by atoms with Crippen molar-refractivity contribution in [3.05, 3.63) is 35.7 Å². The first-order valence-electron chi connectivity index (χ1n) is 7.06. The predicted octanol–water partition coefficient (Wildman–Crippen LogP) is 2.31. The Bertz CT molecular complexity index is 691. The van der Waals surface area contributed by atoms with Gasteiger partial charge in [-0.25, -0.2) is 0 Å².